The number of rotatable bonds is 65. The van der Waals surface area contributed by atoms with E-state index in [-0.39, 0.29) is 19.1 Å². The molecule has 0 aliphatic heterocycles. The molecule has 0 bridgehead atoms. The van der Waals surface area contributed by atoms with Gasteiger partial charge in [0.2, 0.25) is 5.91 Å². The summed E-state index contributed by atoms with van der Waals surface area (Å²) in [5, 5.41) is 14.1. The minimum Gasteiger partial charge on any atom is -0.756 e. The maximum absolute atomic E-state index is 13.0. The number of carbonyl (C=O) groups excluding carboxylic acids is 1. The molecule has 456 valence electrons. The van der Waals surface area contributed by atoms with Gasteiger partial charge in [-0.25, -0.2) is 0 Å². The van der Waals surface area contributed by atoms with Gasteiger partial charge in [-0.1, -0.05) is 354 Å². The van der Waals surface area contributed by atoms with Crippen molar-refractivity contribution in [2.24, 2.45) is 0 Å². The van der Waals surface area contributed by atoms with Crippen LogP contribution in [0.1, 0.15) is 373 Å². The Kier molecular flexibility index (Phi) is 58.7. The first-order valence-electron chi connectivity index (χ1n) is 34.4. The number of hydrogen-bond acceptors (Lipinski definition) is 6. The smallest absolute Gasteiger partial charge is 0.268 e. The molecule has 0 aliphatic rings. The quantitative estimate of drug-likeness (QED) is 0.0357. The van der Waals surface area contributed by atoms with Gasteiger partial charge in [0, 0.05) is 6.42 Å². The van der Waals surface area contributed by atoms with Crippen molar-refractivity contribution in [3.8, 4) is 0 Å². The van der Waals surface area contributed by atoms with E-state index in [1.165, 1.54) is 308 Å². The fourth-order valence-electron chi connectivity index (χ4n) is 11.0. The Bertz CT molecular complexity index is 1200. The summed E-state index contributed by atoms with van der Waals surface area (Å²) in [6.45, 7) is 4.80. The molecule has 0 saturated carbocycles. The fourth-order valence-corrected chi connectivity index (χ4v) is 11.7. The lowest BCUT2D eigenvalue weighted by Crippen LogP contribution is -2.46. The van der Waals surface area contributed by atoms with Crippen LogP contribution in [0.5, 0.6) is 0 Å². The van der Waals surface area contributed by atoms with Crippen LogP contribution < -0.4 is 10.2 Å². The molecule has 8 nitrogen and oxygen atoms in total. The molecule has 3 atom stereocenters. The molecule has 0 heterocycles. The second kappa shape index (κ2) is 59.1. The molecule has 0 aromatic rings. The van der Waals surface area contributed by atoms with Crippen molar-refractivity contribution in [2.45, 2.75) is 386 Å². The molecule has 2 N–H and O–H groups in total. The lowest BCUT2D eigenvalue weighted by Gasteiger charge is -2.30. The average Bonchev–Trinajstić information content (AvgIpc) is 3.38. The molecule has 0 aromatic carbocycles. The Morgan fingerprint density at radius 2 is 0.645 bits per heavy atom. The number of carbonyl (C=O) groups is 1. The monoisotopic (exact) mass is 1100 g/mol. The third kappa shape index (κ3) is 61.1. The third-order valence-electron chi connectivity index (χ3n) is 16.3. The molecule has 1 amide bonds. The van der Waals surface area contributed by atoms with Crippen LogP contribution in [-0.4, -0.2) is 68.5 Å². The van der Waals surface area contributed by atoms with E-state index >= 15 is 0 Å². The summed E-state index contributed by atoms with van der Waals surface area (Å²) in [5.74, 6) is -0.154. The Morgan fingerprint density at radius 1 is 0.408 bits per heavy atom. The number of nitrogens with one attached hydrogen (secondary N) is 1. The zero-order chi connectivity index (χ0) is 55.6. The van der Waals surface area contributed by atoms with Crippen molar-refractivity contribution in [3.05, 3.63) is 0 Å². The summed E-state index contributed by atoms with van der Waals surface area (Å²) in [6.07, 6.45) is 73.2. The number of aliphatic hydroxyl groups is 1. The lowest BCUT2D eigenvalue weighted by atomic mass is 10.0. The first-order chi connectivity index (χ1) is 37.0. The van der Waals surface area contributed by atoms with E-state index in [9.17, 15) is 19.4 Å². The van der Waals surface area contributed by atoms with E-state index in [0.717, 1.165) is 38.5 Å². The highest BCUT2D eigenvalue weighted by Crippen LogP contribution is 2.38. The highest BCUT2D eigenvalue weighted by Gasteiger charge is 2.24. The second-order valence-corrected chi connectivity index (χ2v) is 26.7. The van der Waals surface area contributed by atoms with Crippen LogP contribution in [0.25, 0.3) is 0 Å². The van der Waals surface area contributed by atoms with Gasteiger partial charge in [0.25, 0.3) is 7.82 Å². The zero-order valence-corrected chi connectivity index (χ0v) is 53.2. The molecule has 0 rings (SSSR count). The molecule has 0 aromatic heterocycles. The fraction of sp³-hybridized carbons (Fsp3) is 0.985. The zero-order valence-electron chi connectivity index (χ0n) is 52.3. The average molecular weight is 1100 g/mol. The van der Waals surface area contributed by atoms with Crippen LogP contribution in [0.3, 0.4) is 0 Å². The number of aliphatic hydroxyl groups excluding tert-OH is 1. The van der Waals surface area contributed by atoms with Gasteiger partial charge in [-0.05, 0) is 12.8 Å². The van der Waals surface area contributed by atoms with E-state index < -0.39 is 20.0 Å². The van der Waals surface area contributed by atoms with E-state index in [0.29, 0.717) is 23.9 Å². The number of amides is 1. The van der Waals surface area contributed by atoms with Gasteiger partial charge in [-0.15, -0.1) is 0 Å². The molecule has 0 saturated heterocycles. The number of phosphoric acid groups is 1. The van der Waals surface area contributed by atoms with Crippen molar-refractivity contribution in [2.75, 3.05) is 40.9 Å². The van der Waals surface area contributed by atoms with E-state index in [1.807, 2.05) is 21.1 Å². The number of quaternary nitrogens is 1. The molecule has 0 radical (unpaired) electrons. The number of nitrogens with zero attached hydrogens (tertiary/aromatic N) is 1. The maximum atomic E-state index is 13.0. The summed E-state index contributed by atoms with van der Waals surface area (Å²) >= 11 is 0. The normalized spacial score (nSPS) is 13.6. The highest BCUT2D eigenvalue weighted by molar-refractivity contribution is 7.45. The van der Waals surface area contributed by atoms with Gasteiger partial charge in [0.05, 0.1) is 39.9 Å². The second-order valence-electron chi connectivity index (χ2n) is 25.3. The molecule has 76 heavy (non-hydrogen) atoms. The van der Waals surface area contributed by atoms with Crippen molar-refractivity contribution in [1.82, 2.24) is 5.32 Å². The Balaban J connectivity index is 4.00. The van der Waals surface area contributed by atoms with E-state index in [2.05, 4.69) is 19.2 Å². The summed E-state index contributed by atoms with van der Waals surface area (Å²) in [4.78, 5) is 25.6. The molecule has 0 spiro atoms. The highest BCUT2D eigenvalue weighted by atomic mass is 31.2. The van der Waals surface area contributed by atoms with Crippen LogP contribution in [0, 0.1) is 0 Å². The van der Waals surface area contributed by atoms with Crippen LogP contribution in [-0.2, 0) is 18.4 Å². The number of unbranched alkanes of at least 4 members (excludes halogenated alkanes) is 52. The molecule has 9 heteroatoms. The topological polar surface area (TPSA) is 108 Å². The summed E-state index contributed by atoms with van der Waals surface area (Å²) in [5.41, 5.74) is 0. The van der Waals surface area contributed by atoms with E-state index in [1.54, 1.807) is 0 Å². The van der Waals surface area contributed by atoms with Gasteiger partial charge in [-0.3, -0.25) is 9.36 Å². The number of phosphoric ester groups is 1. The van der Waals surface area contributed by atoms with Crippen molar-refractivity contribution < 1.29 is 32.9 Å². The molecular formula is C67H137N2O6P. The number of likely N-dealkylation sites (N-methyl/N-ethyl adjacent to an activating group) is 1. The van der Waals surface area contributed by atoms with E-state index in [4.69, 9.17) is 9.05 Å². The Labute approximate surface area is 476 Å². The van der Waals surface area contributed by atoms with Gasteiger partial charge >= 0.3 is 0 Å². The largest absolute Gasteiger partial charge is 0.756 e. The van der Waals surface area contributed by atoms with Gasteiger partial charge < -0.3 is 28.8 Å². The van der Waals surface area contributed by atoms with Crippen LogP contribution in [0.15, 0.2) is 0 Å². The molecule has 0 fully saturated rings. The van der Waals surface area contributed by atoms with Crippen molar-refractivity contribution in [3.63, 3.8) is 0 Å². The van der Waals surface area contributed by atoms with Crippen molar-refractivity contribution in [1.29, 1.82) is 0 Å². The standard InChI is InChI=1S/C67H137N2O6P/c1-6-8-10-12-14-16-18-20-22-24-26-28-30-32-33-34-35-37-38-40-42-44-46-48-50-52-54-56-58-60-66(70)65(64-75-76(72,73)74-63-62-69(3,4)5)68-67(71)61-59-57-55-53-51-49-47-45-43-41-39-36-31-29-27-25-23-21-19-17-15-13-11-9-7-2/h65-66,70H,6-64H2,1-5H3,(H-,68,71,72,73). The number of hydrogen-bond donors (Lipinski definition) is 2. The Hall–Kier alpha value is -0.500. The maximum Gasteiger partial charge on any atom is 0.268 e. The summed E-state index contributed by atoms with van der Waals surface area (Å²) in [6, 6.07) is -0.797. The summed E-state index contributed by atoms with van der Waals surface area (Å²) in [7, 11) is 1.33. The predicted molar refractivity (Wildman–Crippen MR) is 330 cm³/mol. The SMILES string of the molecule is CCCCCCCCCCCCCCCCCCCCCCCCCCCCCCCC(O)C(COP(=O)([O-])OCC[N+](C)(C)C)NC(=O)CCCCCCCCCCCCCCCCCCCCCCCCCCC. The van der Waals surface area contributed by atoms with Gasteiger partial charge in [-0.2, -0.15) is 0 Å². The van der Waals surface area contributed by atoms with Gasteiger partial charge in [0.15, 0.2) is 0 Å². The molecular weight excluding hydrogens is 960 g/mol. The van der Waals surface area contributed by atoms with Crippen LogP contribution in [0.4, 0.5) is 0 Å². The first kappa shape index (κ1) is 75.5. The van der Waals surface area contributed by atoms with Crippen LogP contribution in [0.2, 0.25) is 0 Å². The summed E-state index contributed by atoms with van der Waals surface area (Å²) < 4.78 is 23.5. The van der Waals surface area contributed by atoms with Crippen molar-refractivity contribution >= 4 is 13.7 Å². The molecule has 3 unspecified atom stereocenters. The van der Waals surface area contributed by atoms with Gasteiger partial charge in [0.1, 0.15) is 13.2 Å². The minimum atomic E-state index is -4.57. The lowest BCUT2D eigenvalue weighted by molar-refractivity contribution is -0.870. The van der Waals surface area contributed by atoms with Crippen LogP contribution >= 0.6 is 7.82 Å². The predicted octanol–water partition coefficient (Wildman–Crippen LogP) is 20.9. The third-order valence-corrected chi connectivity index (χ3v) is 17.3. The minimum absolute atomic E-state index is 0.0170. The Morgan fingerprint density at radius 3 is 0.895 bits per heavy atom. The molecule has 0 aliphatic carbocycles. The first-order valence-corrected chi connectivity index (χ1v) is 35.8.